The molecule has 1 nitrogen and oxygen atoms in total. The van der Waals surface area contributed by atoms with E-state index in [2.05, 4.69) is 26.0 Å². The number of hydrogen-bond donors (Lipinski definition) is 0. The first-order chi connectivity index (χ1) is 11.7. The van der Waals surface area contributed by atoms with Crippen molar-refractivity contribution in [3.05, 3.63) is 35.9 Å². The summed E-state index contributed by atoms with van der Waals surface area (Å²) in [4.78, 5) is 0. The molecule has 24 heavy (non-hydrogen) atoms. The van der Waals surface area contributed by atoms with Gasteiger partial charge in [0.05, 0.1) is 0 Å². The highest BCUT2D eigenvalue weighted by atomic mass is 32.1. The van der Waals surface area contributed by atoms with E-state index in [1.54, 1.807) is 0 Å². The Kier molecular flexibility index (Phi) is 12.7. The third-order valence-electron chi connectivity index (χ3n) is 4.63. The molecule has 0 aliphatic carbocycles. The molecule has 1 aromatic carbocycles. The smallest absolute Gasteiger partial charge is 0.160 e. The largest absolute Gasteiger partial charge is 0.482 e. The lowest BCUT2D eigenvalue weighted by Crippen LogP contribution is -2.05. The van der Waals surface area contributed by atoms with E-state index in [9.17, 15) is 0 Å². The van der Waals surface area contributed by atoms with Crippen LogP contribution in [0.1, 0.15) is 90.0 Å². The zero-order valence-electron chi connectivity index (χ0n) is 15.8. The van der Waals surface area contributed by atoms with Crippen molar-refractivity contribution in [3.8, 4) is 0 Å². The Balaban J connectivity index is 1.95. The number of ether oxygens (including phenoxy) is 1. The van der Waals surface area contributed by atoms with Gasteiger partial charge in [-0.1, -0.05) is 102 Å². The van der Waals surface area contributed by atoms with E-state index in [0.717, 1.165) is 23.8 Å². The summed E-state index contributed by atoms with van der Waals surface area (Å²) in [5, 5.41) is 0.765. The minimum absolute atomic E-state index is 0.603. The molecule has 0 heterocycles. The van der Waals surface area contributed by atoms with Crippen LogP contribution in [0.2, 0.25) is 0 Å². The Hall–Kier alpha value is -0.890. The third-order valence-corrected chi connectivity index (χ3v) is 4.96. The first kappa shape index (κ1) is 21.2. The Morgan fingerprint density at radius 3 is 2.21 bits per heavy atom. The van der Waals surface area contributed by atoms with Crippen molar-refractivity contribution in [2.75, 3.05) is 0 Å². The Labute approximate surface area is 155 Å². The minimum Gasteiger partial charge on any atom is -0.482 e. The van der Waals surface area contributed by atoms with E-state index in [4.69, 9.17) is 17.0 Å². The number of hydrogen-bond acceptors (Lipinski definition) is 2. The molecule has 0 spiro atoms. The number of rotatable bonds is 14. The van der Waals surface area contributed by atoms with Gasteiger partial charge < -0.3 is 4.74 Å². The fourth-order valence-electron chi connectivity index (χ4n) is 2.95. The van der Waals surface area contributed by atoms with Crippen molar-refractivity contribution in [1.82, 2.24) is 0 Å². The quantitative estimate of drug-likeness (QED) is 0.254. The molecule has 0 saturated carbocycles. The summed E-state index contributed by atoms with van der Waals surface area (Å²) in [5.41, 5.74) is 1.19. The zero-order chi connectivity index (χ0) is 17.5. The maximum absolute atomic E-state index is 5.70. The van der Waals surface area contributed by atoms with Crippen LogP contribution in [0.5, 0.6) is 0 Å². The Bertz CT molecular complexity index is 415. The molecular formula is C22H36OS. The monoisotopic (exact) mass is 348 g/mol. The first-order valence-corrected chi connectivity index (χ1v) is 10.3. The van der Waals surface area contributed by atoms with Gasteiger partial charge in [-0.15, -0.1) is 0 Å². The standard InChI is InChI=1S/C22H36OS/c1-3-4-5-6-7-8-9-11-14-20(2)17-18-22(24)23-19-21-15-12-10-13-16-21/h10,12-13,15-16,20H,3-9,11,14,17-19H2,1-2H3. The predicted molar refractivity (Wildman–Crippen MR) is 109 cm³/mol. The average molecular weight is 349 g/mol. The molecule has 136 valence electrons. The second-order valence-corrected chi connectivity index (χ2v) is 7.51. The van der Waals surface area contributed by atoms with E-state index in [0.29, 0.717) is 6.61 Å². The second kappa shape index (κ2) is 14.5. The van der Waals surface area contributed by atoms with Gasteiger partial charge in [-0.2, -0.15) is 0 Å². The summed E-state index contributed by atoms with van der Waals surface area (Å²) >= 11 is 5.35. The summed E-state index contributed by atoms with van der Waals surface area (Å²) in [6.07, 6.45) is 14.6. The van der Waals surface area contributed by atoms with Crippen LogP contribution in [0.15, 0.2) is 30.3 Å². The molecule has 0 radical (unpaired) electrons. The molecular weight excluding hydrogens is 312 g/mol. The number of unbranched alkanes of at least 4 members (excludes halogenated alkanes) is 7. The lowest BCUT2D eigenvalue weighted by Gasteiger charge is -2.12. The molecule has 0 aromatic heterocycles. The van der Waals surface area contributed by atoms with Crippen molar-refractivity contribution in [3.63, 3.8) is 0 Å². The summed E-state index contributed by atoms with van der Waals surface area (Å²) in [5.74, 6) is 0.753. The predicted octanol–water partition coefficient (Wildman–Crippen LogP) is 7.48. The highest BCUT2D eigenvalue weighted by Gasteiger charge is 2.05. The van der Waals surface area contributed by atoms with Crippen LogP contribution in [0, 0.1) is 5.92 Å². The van der Waals surface area contributed by atoms with Gasteiger partial charge in [0.2, 0.25) is 0 Å². The molecule has 1 rings (SSSR count). The normalized spacial score (nSPS) is 12.1. The maximum Gasteiger partial charge on any atom is 0.160 e. The summed E-state index contributed by atoms with van der Waals surface area (Å²) in [7, 11) is 0. The molecule has 0 fully saturated rings. The van der Waals surface area contributed by atoms with Gasteiger partial charge in [0.15, 0.2) is 5.05 Å². The van der Waals surface area contributed by atoms with Gasteiger partial charge in [0, 0.05) is 6.42 Å². The van der Waals surface area contributed by atoms with Gasteiger partial charge in [0.25, 0.3) is 0 Å². The van der Waals surface area contributed by atoms with E-state index in [1.165, 1.54) is 63.4 Å². The average Bonchev–Trinajstić information content (AvgIpc) is 2.61. The second-order valence-electron chi connectivity index (χ2n) is 7.05. The third kappa shape index (κ3) is 11.6. The van der Waals surface area contributed by atoms with Gasteiger partial charge in [0.1, 0.15) is 6.61 Å². The van der Waals surface area contributed by atoms with Crippen LogP contribution in [-0.4, -0.2) is 5.05 Å². The van der Waals surface area contributed by atoms with E-state index >= 15 is 0 Å². The molecule has 0 aliphatic heterocycles. The van der Waals surface area contributed by atoms with Gasteiger partial charge >= 0.3 is 0 Å². The zero-order valence-corrected chi connectivity index (χ0v) is 16.6. The van der Waals surface area contributed by atoms with Crippen molar-refractivity contribution < 1.29 is 4.74 Å². The fourth-order valence-corrected chi connectivity index (χ4v) is 3.12. The summed E-state index contributed by atoms with van der Waals surface area (Å²) in [6.45, 7) is 5.23. The fraction of sp³-hybridized carbons (Fsp3) is 0.682. The minimum atomic E-state index is 0.603. The Morgan fingerprint density at radius 2 is 1.54 bits per heavy atom. The maximum atomic E-state index is 5.70. The molecule has 0 saturated heterocycles. The first-order valence-electron chi connectivity index (χ1n) is 9.92. The van der Waals surface area contributed by atoms with Crippen molar-refractivity contribution in [2.45, 2.75) is 91.1 Å². The highest BCUT2D eigenvalue weighted by Crippen LogP contribution is 2.17. The Morgan fingerprint density at radius 1 is 0.917 bits per heavy atom. The molecule has 0 aliphatic rings. The van der Waals surface area contributed by atoms with Crippen LogP contribution in [0.25, 0.3) is 0 Å². The summed E-state index contributed by atoms with van der Waals surface area (Å²) < 4.78 is 5.70. The molecule has 1 unspecified atom stereocenters. The molecule has 1 atom stereocenters. The summed E-state index contributed by atoms with van der Waals surface area (Å²) in [6, 6.07) is 10.2. The van der Waals surface area contributed by atoms with Gasteiger partial charge in [-0.05, 0) is 30.1 Å². The number of benzene rings is 1. The van der Waals surface area contributed by atoms with Gasteiger partial charge in [-0.25, -0.2) is 0 Å². The van der Waals surface area contributed by atoms with Crippen molar-refractivity contribution in [2.24, 2.45) is 5.92 Å². The van der Waals surface area contributed by atoms with Crippen molar-refractivity contribution in [1.29, 1.82) is 0 Å². The van der Waals surface area contributed by atoms with E-state index < -0.39 is 0 Å². The van der Waals surface area contributed by atoms with Crippen LogP contribution >= 0.6 is 12.2 Å². The van der Waals surface area contributed by atoms with E-state index in [1.807, 2.05) is 18.2 Å². The van der Waals surface area contributed by atoms with Crippen molar-refractivity contribution >= 4 is 17.3 Å². The molecule has 0 amide bonds. The van der Waals surface area contributed by atoms with Crippen LogP contribution in [-0.2, 0) is 11.3 Å². The van der Waals surface area contributed by atoms with Crippen LogP contribution in [0.3, 0.4) is 0 Å². The molecule has 0 bridgehead atoms. The number of thiocarbonyl (C=S) groups is 1. The van der Waals surface area contributed by atoms with Crippen LogP contribution in [0.4, 0.5) is 0 Å². The topological polar surface area (TPSA) is 9.23 Å². The highest BCUT2D eigenvalue weighted by molar-refractivity contribution is 7.80. The molecule has 0 N–H and O–H groups in total. The molecule has 1 aromatic rings. The van der Waals surface area contributed by atoms with Gasteiger partial charge in [-0.3, -0.25) is 0 Å². The molecule has 2 heteroatoms. The SMILES string of the molecule is CCCCCCCCCCC(C)CCC(=S)OCc1ccccc1. The van der Waals surface area contributed by atoms with Crippen LogP contribution < -0.4 is 0 Å². The van der Waals surface area contributed by atoms with E-state index in [-0.39, 0.29) is 0 Å². The lowest BCUT2D eigenvalue weighted by molar-refractivity contribution is 0.288. The lowest BCUT2D eigenvalue weighted by atomic mass is 9.97.